The van der Waals surface area contributed by atoms with Gasteiger partial charge in [-0.2, -0.15) is 5.26 Å². The van der Waals surface area contributed by atoms with Crippen LogP contribution in [0.2, 0.25) is 5.02 Å². The van der Waals surface area contributed by atoms with E-state index in [-0.39, 0.29) is 36.1 Å². The third kappa shape index (κ3) is 7.55. The van der Waals surface area contributed by atoms with Crippen LogP contribution in [0.15, 0.2) is 54.6 Å². The van der Waals surface area contributed by atoms with Crippen LogP contribution in [-0.2, 0) is 34.0 Å². The summed E-state index contributed by atoms with van der Waals surface area (Å²) in [5, 5.41) is 15.2. The number of nitrogens with zero attached hydrogens (tertiary/aromatic N) is 6. The Kier molecular flexibility index (Phi) is 10.4. The van der Waals surface area contributed by atoms with Crippen LogP contribution in [0.3, 0.4) is 0 Å². The highest BCUT2D eigenvalue weighted by Crippen LogP contribution is 2.34. The van der Waals surface area contributed by atoms with Crippen molar-refractivity contribution >= 4 is 52.5 Å². The van der Waals surface area contributed by atoms with Crippen LogP contribution in [-0.4, -0.2) is 102 Å². The van der Waals surface area contributed by atoms with Gasteiger partial charge in [0.1, 0.15) is 12.1 Å². The average molecular weight is 777 g/mol. The molecule has 4 aliphatic heterocycles. The molecule has 5 aliphatic rings. The molecule has 4 heterocycles. The fourth-order valence-corrected chi connectivity index (χ4v) is 9.05. The zero-order valence-electron chi connectivity index (χ0n) is 31.4. The summed E-state index contributed by atoms with van der Waals surface area (Å²) in [5.41, 5.74) is 6.55. The Balaban J connectivity index is 0.770. The number of carbonyl (C=O) groups excluding carboxylic acids is 5. The number of rotatable bonds is 8. The van der Waals surface area contributed by atoms with Crippen molar-refractivity contribution in [1.82, 2.24) is 25.3 Å². The molecule has 8 rings (SSSR count). The summed E-state index contributed by atoms with van der Waals surface area (Å²) in [6.45, 7) is 4.59. The highest BCUT2D eigenvalue weighted by Gasteiger charge is 2.40. The molecule has 3 aromatic rings. The van der Waals surface area contributed by atoms with E-state index in [0.29, 0.717) is 60.4 Å². The molecule has 1 unspecified atom stereocenters. The summed E-state index contributed by atoms with van der Waals surface area (Å²) < 4.78 is 0. The molecule has 0 radical (unpaired) electrons. The number of fused-ring (bicyclic) bond motifs is 2. The lowest BCUT2D eigenvalue weighted by Gasteiger charge is -2.36. The van der Waals surface area contributed by atoms with E-state index in [1.807, 2.05) is 53.4 Å². The Bertz CT molecular complexity index is 2120. The maximum atomic E-state index is 13.4. The first-order valence-electron chi connectivity index (χ1n) is 19.4. The van der Waals surface area contributed by atoms with E-state index in [1.165, 1.54) is 0 Å². The number of benzene rings is 3. The van der Waals surface area contributed by atoms with Crippen molar-refractivity contribution < 1.29 is 24.0 Å². The van der Waals surface area contributed by atoms with Crippen molar-refractivity contribution in [1.29, 1.82) is 5.26 Å². The second-order valence-corrected chi connectivity index (χ2v) is 16.0. The van der Waals surface area contributed by atoms with Gasteiger partial charge in [0, 0.05) is 93.9 Å². The lowest BCUT2D eigenvalue weighted by Crippen LogP contribution is -2.52. The first-order chi connectivity index (χ1) is 27.0. The SMILES string of the molecule is CN(c1ccc(C#N)c(Cl)c1)C1CCC(NC(=O)c2ccc(N3CCN(CC(=O)N4Cc5cc6c(cc5C4)C(=O)N(C4CCC(=O)NC4=O)C6)CC3)cc2)CC1. The van der Waals surface area contributed by atoms with Crippen LogP contribution in [0.5, 0.6) is 0 Å². The van der Waals surface area contributed by atoms with Gasteiger partial charge in [-0.3, -0.25) is 34.2 Å². The number of piperidine rings is 1. The predicted molar refractivity (Wildman–Crippen MR) is 210 cm³/mol. The fraction of sp³-hybridized carbons (Fsp3) is 0.429. The minimum absolute atomic E-state index is 0.0541. The standard InChI is InChI=1S/C42H45ClN8O5/c1-47(34-9-4-27(21-44)36(43)20-34)32-10-5-31(6-11-32)45-40(54)26-2-7-33(8-3-26)49-16-14-48(15-17-49)25-39(53)50-22-28-18-30-24-51(37-12-13-38(52)46-41(37)55)42(56)35(30)19-29(28)23-50/h2-4,7-9,18-20,31-32,37H,5-6,10-17,22-25H2,1H3,(H,45,54)(H,46,52,55). The molecule has 13 nitrogen and oxygen atoms in total. The number of nitrogens with one attached hydrogen (secondary N) is 2. The molecule has 3 fully saturated rings. The summed E-state index contributed by atoms with van der Waals surface area (Å²) >= 11 is 6.26. The minimum atomic E-state index is -0.647. The molecule has 14 heteroatoms. The molecular weight excluding hydrogens is 732 g/mol. The fourth-order valence-electron chi connectivity index (χ4n) is 8.83. The maximum Gasteiger partial charge on any atom is 0.255 e. The molecule has 0 bridgehead atoms. The van der Waals surface area contributed by atoms with Gasteiger partial charge < -0.3 is 24.9 Å². The number of carbonyl (C=O) groups is 5. The van der Waals surface area contributed by atoms with E-state index in [9.17, 15) is 29.2 Å². The van der Waals surface area contributed by atoms with E-state index in [1.54, 1.807) is 11.0 Å². The monoisotopic (exact) mass is 776 g/mol. The number of piperazine rings is 1. The lowest BCUT2D eigenvalue weighted by atomic mass is 9.90. The first kappa shape index (κ1) is 37.5. The van der Waals surface area contributed by atoms with Gasteiger partial charge in [-0.05, 0) is 97.3 Å². The highest BCUT2D eigenvalue weighted by molar-refractivity contribution is 6.32. The Labute approximate surface area is 331 Å². The van der Waals surface area contributed by atoms with Gasteiger partial charge in [0.05, 0.1) is 17.1 Å². The number of halogens is 1. The molecule has 1 saturated carbocycles. The zero-order chi connectivity index (χ0) is 39.1. The second-order valence-electron chi connectivity index (χ2n) is 15.6. The second kappa shape index (κ2) is 15.6. The highest BCUT2D eigenvalue weighted by atomic mass is 35.5. The molecule has 1 atom stereocenters. The van der Waals surface area contributed by atoms with E-state index in [0.717, 1.165) is 79.9 Å². The Morgan fingerprint density at radius 1 is 0.893 bits per heavy atom. The molecule has 0 spiro atoms. The number of imide groups is 1. The summed E-state index contributed by atoms with van der Waals surface area (Å²) in [6, 6.07) is 19.1. The van der Waals surface area contributed by atoms with Crippen molar-refractivity contribution in [3.8, 4) is 6.07 Å². The quantitative estimate of drug-likeness (QED) is 0.326. The largest absolute Gasteiger partial charge is 0.372 e. The average Bonchev–Trinajstić information content (AvgIpc) is 3.77. The number of hydrogen-bond donors (Lipinski definition) is 2. The third-order valence-corrected chi connectivity index (χ3v) is 12.5. The van der Waals surface area contributed by atoms with Crippen LogP contribution < -0.4 is 20.4 Å². The molecular formula is C42H45ClN8O5. The minimum Gasteiger partial charge on any atom is -0.372 e. The van der Waals surface area contributed by atoms with Crippen LogP contribution in [0.25, 0.3) is 0 Å². The van der Waals surface area contributed by atoms with Crippen molar-refractivity contribution in [2.45, 2.75) is 76.3 Å². The van der Waals surface area contributed by atoms with Gasteiger partial charge in [0.25, 0.3) is 11.8 Å². The first-order valence-corrected chi connectivity index (χ1v) is 19.8. The van der Waals surface area contributed by atoms with Gasteiger partial charge in [0.2, 0.25) is 17.7 Å². The summed E-state index contributed by atoms with van der Waals surface area (Å²) in [5.74, 6) is -0.944. The Morgan fingerprint density at radius 2 is 1.61 bits per heavy atom. The van der Waals surface area contributed by atoms with Gasteiger partial charge >= 0.3 is 0 Å². The summed E-state index contributed by atoms with van der Waals surface area (Å²) in [6.07, 6.45) is 4.20. The van der Waals surface area contributed by atoms with E-state index in [4.69, 9.17) is 11.6 Å². The van der Waals surface area contributed by atoms with E-state index >= 15 is 0 Å². The topological polar surface area (TPSA) is 149 Å². The van der Waals surface area contributed by atoms with Crippen LogP contribution in [0.1, 0.15) is 81.5 Å². The molecule has 3 aromatic carbocycles. The van der Waals surface area contributed by atoms with Crippen molar-refractivity contribution in [2.24, 2.45) is 0 Å². The molecule has 2 N–H and O–H groups in total. The Morgan fingerprint density at radius 3 is 2.29 bits per heavy atom. The smallest absolute Gasteiger partial charge is 0.255 e. The third-order valence-electron chi connectivity index (χ3n) is 12.2. The van der Waals surface area contributed by atoms with Crippen molar-refractivity contribution in [3.05, 3.63) is 93.0 Å². The molecule has 0 aromatic heterocycles. The normalized spacial score (nSPS) is 22.3. The molecule has 56 heavy (non-hydrogen) atoms. The lowest BCUT2D eigenvalue weighted by molar-refractivity contribution is -0.137. The zero-order valence-corrected chi connectivity index (χ0v) is 32.2. The molecule has 1 aliphatic carbocycles. The van der Waals surface area contributed by atoms with Gasteiger partial charge in [-0.15, -0.1) is 0 Å². The number of nitriles is 1. The number of hydrogen-bond acceptors (Lipinski definition) is 9. The molecule has 290 valence electrons. The summed E-state index contributed by atoms with van der Waals surface area (Å²) in [4.78, 5) is 74.0. The Hall–Kier alpha value is -5.45. The van der Waals surface area contributed by atoms with E-state index in [2.05, 4.69) is 38.5 Å². The van der Waals surface area contributed by atoms with Gasteiger partial charge in [0.15, 0.2) is 0 Å². The molecule has 5 amide bonds. The van der Waals surface area contributed by atoms with E-state index < -0.39 is 11.9 Å². The van der Waals surface area contributed by atoms with Crippen LogP contribution in [0.4, 0.5) is 11.4 Å². The van der Waals surface area contributed by atoms with Crippen LogP contribution >= 0.6 is 11.6 Å². The van der Waals surface area contributed by atoms with Gasteiger partial charge in [-0.1, -0.05) is 17.7 Å². The summed E-state index contributed by atoms with van der Waals surface area (Å²) in [7, 11) is 2.05. The number of amides is 5. The maximum absolute atomic E-state index is 13.4. The van der Waals surface area contributed by atoms with Crippen molar-refractivity contribution in [2.75, 3.05) is 49.6 Å². The number of anilines is 2. The predicted octanol–water partition coefficient (Wildman–Crippen LogP) is 3.81. The van der Waals surface area contributed by atoms with Gasteiger partial charge in [-0.25, -0.2) is 0 Å². The van der Waals surface area contributed by atoms with Crippen molar-refractivity contribution in [3.63, 3.8) is 0 Å². The van der Waals surface area contributed by atoms with Crippen LogP contribution in [0, 0.1) is 11.3 Å². The molecule has 2 saturated heterocycles.